The smallest absolute Gasteiger partial charge is 0.190 e. The van der Waals surface area contributed by atoms with Gasteiger partial charge >= 0.3 is 0 Å². The first-order valence-corrected chi connectivity index (χ1v) is 11.5. The van der Waals surface area contributed by atoms with Crippen LogP contribution in [0.15, 0.2) is 46.8 Å². The molecule has 1 aromatic carbocycles. The number of hydrogen-bond acceptors (Lipinski definition) is 4. The van der Waals surface area contributed by atoms with E-state index in [-0.39, 0.29) is 24.0 Å². The number of benzene rings is 1. The van der Waals surface area contributed by atoms with Crippen molar-refractivity contribution in [2.75, 3.05) is 40.3 Å². The Morgan fingerprint density at radius 2 is 2.07 bits per heavy atom. The zero-order valence-corrected chi connectivity index (χ0v) is 21.4. The summed E-state index contributed by atoms with van der Waals surface area (Å²) in [5, 5.41) is 9.21. The third-order valence-corrected chi connectivity index (χ3v) is 6.50. The number of ether oxygens (including phenoxy) is 1. The van der Waals surface area contributed by atoms with Crippen LogP contribution in [0.4, 0.5) is 0 Å². The van der Waals surface area contributed by atoms with E-state index in [1.807, 2.05) is 37.4 Å². The number of aliphatic imine (C=N–C) groups is 1. The van der Waals surface area contributed by atoms with Crippen LogP contribution in [0, 0.1) is 5.92 Å². The van der Waals surface area contributed by atoms with Gasteiger partial charge in [-0.3, -0.25) is 9.89 Å². The van der Waals surface area contributed by atoms with Gasteiger partial charge in [0.1, 0.15) is 5.75 Å². The van der Waals surface area contributed by atoms with Crippen LogP contribution >= 0.6 is 35.3 Å². The Hall–Kier alpha value is -1.32. The van der Waals surface area contributed by atoms with E-state index >= 15 is 0 Å². The number of rotatable bonds is 8. The third-order valence-electron chi connectivity index (χ3n) is 5.56. The molecule has 0 radical (unpaired) electrons. The Labute approximate surface area is 202 Å². The maximum atomic E-state index is 5.73. The van der Waals surface area contributed by atoms with E-state index in [2.05, 4.69) is 57.2 Å². The predicted molar refractivity (Wildman–Crippen MR) is 139 cm³/mol. The SMILES string of the molecule is CCOc1ccccc1CCNC(=NC)NCC1CCCN(C)C1c1cccs1.I. The average molecular weight is 543 g/mol. The molecule has 3 rings (SSSR count). The molecule has 1 aromatic heterocycles. The molecule has 0 aliphatic carbocycles. The number of guanidine groups is 1. The lowest BCUT2D eigenvalue weighted by Crippen LogP contribution is -2.45. The third kappa shape index (κ3) is 6.85. The van der Waals surface area contributed by atoms with Crippen LogP contribution in [0.1, 0.15) is 36.2 Å². The number of nitrogens with zero attached hydrogens (tertiary/aromatic N) is 2. The summed E-state index contributed by atoms with van der Waals surface area (Å²) in [6.07, 6.45) is 3.41. The number of halogens is 1. The second-order valence-electron chi connectivity index (χ2n) is 7.51. The van der Waals surface area contributed by atoms with Crippen molar-refractivity contribution in [2.45, 2.75) is 32.2 Å². The second kappa shape index (κ2) is 13.2. The molecule has 1 fully saturated rings. The Kier molecular flexibility index (Phi) is 11.0. The quantitative estimate of drug-likeness (QED) is 0.292. The zero-order valence-electron chi connectivity index (χ0n) is 18.3. The highest BCUT2D eigenvalue weighted by Crippen LogP contribution is 2.36. The van der Waals surface area contributed by atoms with Crippen LogP contribution in [-0.2, 0) is 6.42 Å². The van der Waals surface area contributed by atoms with Crippen molar-refractivity contribution in [1.82, 2.24) is 15.5 Å². The molecular weight excluding hydrogens is 507 g/mol. The Morgan fingerprint density at radius 3 is 2.80 bits per heavy atom. The predicted octanol–water partition coefficient (Wildman–Crippen LogP) is 4.56. The Balaban J connectivity index is 0.00000320. The molecule has 2 aromatic rings. The summed E-state index contributed by atoms with van der Waals surface area (Å²) in [4.78, 5) is 8.39. The van der Waals surface area contributed by atoms with Crippen LogP contribution < -0.4 is 15.4 Å². The van der Waals surface area contributed by atoms with Crippen LogP contribution in [0.3, 0.4) is 0 Å². The van der Waals surface area contributed by atoms with Gasteiger partial charge in [0.25, 0.3) is 0 Å². The van der Waals surface area contributed by atoms with E-state index in [4.69, 9.17) is 4.74 Å². The number of hydrogen-bond donors (Lipinski definition) is 2. The van der Waals surface area contributed by atoms with Crippen LogP contribution in [0.5, 0.6) is 5.75 Å². The summed E-state index contributed by atoms with van der Waals surface area (Å²) in [6.45, 7) is 5.64. The van der Waals surface area contributed by atoms with Gasteiger partial charge in [0.05, 0.1) is 6.61 Å². The molecule has 0 amide bonds. The zero-order chi connectivity index (χ0) is 20.5. The first kappa shape index (κ1) is 24.9. The molecule has 166 valence electrons. The van der Waals surface area contributed by atoms with Crippen molar-refractivity contribution >= 4 is 41.3 Å². The van der Waals surface area contributed by atoms with E-state index in [9.17, 15) is 0 Å². The molecule has 1 aliphatic heterocycles. The van der Waals surface area contributed by atoms with Crippen molar-refractivity contribution in [3.63, 3.8) is 0 Å². The van der Waals surface area contributed by atoms with Gasteiger partial charge < -0.3 is 15.4 Å². The fourth-order valence-electron chi connectivity index (χ4n) is 4.15. The molecule has 2 atom stereocenters. The lowest BCUT2D eigenvalue weighted by atomic mass is 9.88. The molecule has 7 heteroatoms. The van der Waals surface area contributed by atoms with Crippen LogP contribution in [-0.4, -0.2) is 51.2 Å². The lowest BCUT2D eigenvalue weighted by Gasteiger charge is -2.39. The van der Waals surface area contributed by atoms with Gasteiger partial charge in [0.15, 0.2) is 5.96 Å². The highest BCUT2D eigenvalue weighted by molar-refractivity contribution is 14.0. The van der Waals surface area contributed by atoms with Crippen molar-refractivity contribution < 1.29 is 4.74 Å². The molecule has 5 nitrogen and oxygen atoms in total. The molecule has 2 N–H and O–H groups in total. The summed E-state index contributed by atoms with van der Waals surface area (Å²) in [6, 6.07) is 13.2. The van der Waals surface area contributed by atoms with Crippen molar-refractivity contribution in [3.8, 4) is 5.75 Å². The summed E-state index contributed by atoms with van der Waals surface area (Å²) in [7, 11) is 4.09. The van der Waals surface area contributed by atoms with E-state index in [1.165, 1.54) is 29.8 Å². The Morgan fingerprint density at radius 1 is 1.23 bits per heavy atom. The van der Waals surface area contributed by atoms with Crippen LogP contribution in [0.25, 0.3) is 0 Å². The molecule has 0 spiro atoms. The fraction of sp³-hybridized carbons (Fsp3) is 0.522. The number of thiophene rings is 1. The summed E-state index contributed by atoms with van der Waals surface area (Å²) in [5.41, 5.74) is 1.23. The van der Waals surface area contributed by atoms with E-state index < -0.39 is 0 Å². The van der Waals surface area contributed by atoms with Crippen LogP contribution in [0.2, 0.25) is 0 Å². The van der Waals surface area contributed by atoms with Crippen molar-refractivity contribution in [3.05, 3.63) is 52.2 Å². The molecular formula is C23H35IN4OS. The van der Waals surface area contributed by atoms with Gasteiger partial charge in [0.2, 0.25) is 0 Å². The molecule has 0 bridgehead atoms. The summed E-state index contributed by atoms with van der Waals surface area (Å²) >= 11 is 1.87. The fourth-order valence-corrected chi connectivity index (χ4v) is 5.14. The highest BCUT2D eigenvalue weighted by atomic mass is 127. The summed E-state index contributed by atoms with van der Waals surface area (Å²) < 4.78 is 5.73. The van der Waals surface area contributed by atoms with Crippen molar-refractivity contribution in [1.29, 1.82) is 0 Å². The summed E-state index contributed by atoms with van der Waals surface area (Å²) in [5.74, 6) is 2.44. The number of nitrogens with one attached hydrogen (secondary N) is 2. The van der Waals surface area contributed by atoms with Gasteiger partial charge in [-0.15, -0.1) is 35.3 Å². The largest absolute Gasteiger partial charge is 0.494 e. The Bertz CT molecular complexity index is 768. The van der Waals surface area contributed by atoms with E-state index in [0.29, 0.717) is 18.6 Å². The lowest BCUT2D eigenvalue weighted by molar-refractivity contribution is 0.125. The van der Waals surface area contributed by atoms with Gasteiger partial charge in [0, 0.05) is 31.1 Å². The average Bonchev–Trinajstić information content (AvgIpc) is 3.26. The molecule has 1 saturated heterocycles. The van der Waals surface area contributed by atoms with Crippen molar-refractivity contribution in [2.24, 2.45) is 10.9 Å². The van der Waals surface area contributed by atoms with Gasteiger partial charge in [-0.05, 0) is 68.8 Å². The van der Waals surface area contributed by atoms with Gasteiger partial charge in [-0.25, -0.2) is 0 Å². The van der Waals surface area contributed by atoms with E-state index in [1.54, 1.807) is 0 Å². The van der Waals surface area contributed by atoms with Gasteiger partial charge in [-0.2, -0.15) is 0 Å². The molecule has 1 aliphatic rings. The molecule has 2 heterocycles. The number of piperidine rings is 1. The first-order valence-electron chi connectivity index (χ1n) is 10.6. The number of likely N-dealkylation sites (tertiary alicyclic amines) is 1. The van der Waals surface area contributed by atoms with E-state index in [0.717, 1.165) is 31.2 Å². The second-order valence-corrected chi connectivity index (χ2v) is 8.49. The minimum Gasteiger partial charge on any atom is -0.494 e. The minimum absolute atomic E-state index is 0. The molecule has 30 heavy (non-hydrogen) atoms. The topological polar surface area (TPSA) is 48.9 Å². The first-order chi connectivity index (χ1) is 14.2. The monoisotopic (exact) mass is 542 g/mol. The normalized spacial score (nSPS) is 19.8. The minimum atomic E-state index is 0. The maximum Gasteiger partial charge on any atom is 0.190 e. The van der Waals surface area contributed by atoms with Gasteiger partial charge in [-0.1, -0.05) is 24.3 Å². The molecule has 2 unspecified atom stereocenters. The molecule has 0 saturated carbocycles. The maximum absolute atomic E-state index is 5.73. The standard InChI is InChI=1S/C23H34N4OS.HI/c1-4-28-20-11-6-5-9-18(20)13-14-25-23(24-2)26-17-19-10-7-15-27(3)22(19)21-12-8-16-29-21;/h5-6,8-9,11-12,16,19,22H,4,7,10,13-15,17H2,1-3H3,(H2,24,25,26);1H. The number of para-hydroxylation sites is 1. The highest BCUT2D eigenvalue weighted by Gasteiger charge is 2.31.